The highest BCUT2D eigenvalue weighted by molar-refractivity contribution is 7.89. The van der Waals surface area contributed by atoms with Crippen molar-refractivity contribution >= 4 is 21.6 Å². The number of benzene rings is 1. The zero-order valence-electron chi connectivity index (χ0n) is 14.4. The van der Waals surface area contributed by atoms with Gasteiger partial charge in [0.2, 0.25) is 10.0 Å². The monoisotopic (exact) mass is 403 g/mol. The van der Waals surface area contributed by atoms with Crippen LogP contribution in [0.4, 0.5) is 0 Å². The molecule has 0 bridgehead atoms. The molecule has 1 saturated heterocycles. The van der Waals surface area contributed by atoms with Crippen LogP contribution in [-0.4, -0.2) is 46.0 Å². The number of aromatic nitrogens is 4. The van der Waals surface area contributed by atoms with Crippen molar-refractivity contribution in [3.63, 3.8) is 0 Å². The number of rotatable bonds is 4. The van der Waals surface area contributed by atoms with E-state index < -0.39 is 10.0 Å². The van der Waals surface area contributed by atoms with E-state index in [0.717, 1.165) is 29.8 Å². The standard InChI is InChI=1S/C18H18ClN5O2S/c19-15-5-1-3-13(9-15)17-18(21-7-6-20-17)14-4-2-8-24(12-14)27(25,26)16-10-22-23-11-16/h1,3,5-7,9-11,14H,2,4,8,12H2,(H,22,23). The third-order valence-electron chi connectivity index (χ3n) is 4.71. The van der Waals surface area contributed by atoms with E-state index in [1.165, 1.54) is 16.7 Å². The van der Waals surface area contributed by atoms with E-state index in [9.17, 15) is 8.42 Å². The zero-order valence-corrected chi connectivity index (χ0v) is 16.0. The lowest BCUT2D eigenvalue weighted by atomic mass is 9.92. The fourth-order valence-corrected chi connectivity index (χ4v) is 5.04. The van der Waals surface area contributed by atoms with Crippen molar-refractivity contribution in [1.29, 1.82) is 0 Å². The summed E-state index contributed by atoms with van der Waals surface area (Å²) in [5.74, 6) is -0.0388. The number of aromatic amines is 1. The maximum atomic E-state index is 12.8. The number of hydrogen-bond donors (Lipinski definition) is 1. The van der Waals surface area contributed by atoms with Crippen molar-refractivity contribution in [1.82, 2.24) is 24.5 Å². The molecule has 3 heterocycles. The fraction of sp³-hybridized carbons (Fsp3) is 0.278. The Hall–Kier alpha value is -2.29. The van der Waals surface area contributed by atoms with Crippen LogP contribution in [-0.2, 0) is 10.0 Å². The average molecular weight is 404 g/mol. The summed E-state index contributed by atoms with van der Waals surface area (Å²) in [5.41, 5.74) is 2.42. The quantitative estimate of drug-likeness (QED) is 0.722. The number of nitrogens with zero attached hydrogens (tertiary/aromatic N) is 4. The van der Waals surface area contributed by atoms with E-state index in [1.54, 1.807) is 18.5 Å². The number of nitrogens with one attached hydrogen (secondary N) is 1. The highest BCUT2D eigenvalue weighted by atomic mass is 35.5. The Balaban J connectivity index is 1.67. The molecule has 0 saturated carbocycles. The Morgan fingerprint density at radius 1 is 1.22 bits per heavy atom. The average Bonchev–Trinajstić information content (AvgIpc) is 3.24. The Labute approximate surface area is 162 Å². The molecule has 1 fully saturated rings. The number of piperidine rings is 1. The lowest BCUT2D eigenvalue weighted by Gasteiger charge is -2.31. The first kappa shape index (κ1) is 18.1. The van der Waals surface area contributed by atoms with Crippen LogP contribution in [0.3, 0.4) is 0 Å². The van der Waals surface area contributed by atoms with Gasteiger partial charge >= 0.3 is 0 Å². The summed E-state index contributed by atoms with van der Waals surface area (Å²) in [6, 6.07) is 7.45. The predicted octanol–water partition coefficient (Wildman–Crippen LogP) is 3.09. The van der Waals surface area contributed by atoms with E-state index in [1.807, 2.05) is 18.2 Å². The summed E-state index contributed by atoms with van der Waals surface area (Å²) in [6.07, 6.45) is 7.63. The molecule has 1 atom stereocenters. The van der Waals surface area contributed by atoms with Crippen LogP contribution in [0.1, 0.15) is 24.5 Å². The van der Waals surface area contributed by atoms with Crippen molar-refractivity contribution in [2.75, 3.05) is 13.1 Å². The number of sulfonamides is 1. The SMILES string of the molecule is O=S(=O)(c1cn[nH]c1)N1CCCC(c2nccnc2-c2cccc(Cl)c2)C1. The van der Waals surface area contributed by atoms with E-state index in [2.05, 4.69) is 20.2 Å². The lowest BCUT2D eigenvalue weighted by molar-refractivity contribution is 0.312. The molecule has 3 aromatic rings. The third-order valence-corrected chi connectivity index (χ3v) is 6.77. The molecule has 140 valence electrons. The molecule has 1 aliphatic heterocycles. The van der Waals surface area contributed by atoms with Crippen LogP contribution in [0.25, 0.3) is 11.3 Å². The minimum absolute atomic E-state index is 0.0388. The summed E-state index contributed by atoms with van der Waals surface area (Å²) in [6.45, 7) is 0.844. The second-order valence-electron chi connectivity index (χ2n) is 6.44. The van der Waals surface area contributed by atoms with E-state index in [-0.39, 0.29) is 10.8 Å². The van der Waals surface area contributed by atoms with Gasteiger partial charge < -0.3 is 0 Å². The maximum Gasteiger partial charge on any atom is 0.246 e. The Bertz CT molecular complexity index is 1040. The molecule has 27 heavy (non-hydrogen) atoms. The van der Waals surface area contributed by atoms with Crippen LogP contribution >= 0.6 is 11.6 Å². The minimum atomic E-state index is -3.57. The highest BCUT2D eigenvalue weighted by Gasteiger charge is 2.33. The van der Waals surface area contributed by atoms with Crippen LogP contribution in [0.5, 0.6) is 0 Å². The summed E-state index contributed by atoms with van der Waals surface area (Å²) in [7, 11) is -3.57. The lowest BCUT2D eigenvalue weighted by Crippen LogP contribution is -2.39. The Morgan fingerprint density at radius 3 is 2.85 bits per heavy atom. The molecule has 0 aliphatic carbocycles. The normalized spacial score (nSPS) is 18.5. The Kier molecular flexibility index (Phi) is 4.94. The molecular formula is C18H18ClN5O2S. The van der Waals surface area contributed by atoms with Crippen molar-refractivity contribution in [3.05, 3.63) is 59.8 Å². The first-order chi connectivity index (χ1) is 13.1. The smallest absolute Gasteiger partial charge is 0.246 e. The van der Waals surface area contributed by atoms with E-state index in [0.29, 0.717) is 18.1 Å². The van der Waals surface area contributed by atoms with Gasteiger partial charge in [0.05, 0.1) is 17.6 Å². The van der Waals surface area contributed by atoms with E-state index >= 15 is 0 Å². The number of H-pyrrole nitrogens is 1. The summed E-state index contributed by atoms with van der Waals surface area (Å²) < 4.78 is 27.2. The molecule has 4 rings (SSSR count). The van der Waals surface area contributed by atoms with E-state index in [4.69, 9.17) is 11.6 Å². The molecule has 0 radical (unpaired) electrons. The summed E-state index contributed by atoms with van der Waals surface area (Å²) >= 11 is 6.13. The van der Waals surface area contributed by atoms with Gasteiger partial charge in [-0.05, 0) is 25.0 Å². The molecule has 9 heteroatoms. The molecule has 0 spiro atoms. The molecule has 1 aromatic carbocycles. The van der Waals surface area contributed by atoms with Gasteiger partial charge in [-0.2, -0.15) is 9.40 Å². The Morgan fingerprint density at radius 2 is 2.07 bits per heavy atom. The number of hydrogen-bond acceptors (Lipinski definition) is 5. The van der Waals surface area contributed by atoms with Gasteiger partial charge in [-0.3, -0.25) is 15.1 Å². The molecule has 7 nitrogen and oxygen atoms in total. The molecule has 2 aromatic heterocycles. The van der Waals surface area contributed by atoms with Gasteiger partial charge in [0, 0.05) is 48.2 Å². The van der Waals surface area contributed by atoms with Crippen LogP contribution < -0.4 is 0 Å². The molecule has 1 N–H and O–H groups in total. The highest BCUT2D eigenvalue weighted by Crippen LogP contribution is 2.34. The van der Waals surface area contributed by atoms with Crippen LogP contribution in [0.2, 0.25) is 5.02 Å². The van der Waals surface area contributed by atoms with Crippen molar-refractivity contribution in [2.45, 2.75) is 23.7 Å². The second-order valence-corrected chi connectivity index (χ2v) is 8.81. The molecular weight excluding hydrogens is 386 g/mol. The first-order valence-corrected chi connectivity index (χ1v) is 10.4. The van der Waals surface area contributed by atoms with Crippen molar-refractivity contribution in [2.24, 2.45) is 0 Å². The number of halogens is 1. The van der Waals surface area contributed by atoms with Gasteiger partial charge in [-0.25, -0.2) is 8.42 Å². The fourth-order valence-electron chi connectivity index (χ4n) is 3.42. The molecule has 1 aliphatic rings. The van der Waals surface area contributed by atoms with Crippen molar-refractivity contribution < 1.29 is 8.42 Å². The van der Waals surface area contributed by atoms with Crippen LogP contribution in [0, 0.1) is 0 Å². The third kappa shape index (κ3) is 3.60. The van der Waals surface area contributed by atoms with Gasteiger partial charge in [-0.1, -0.05) is 23.7 Å². The summed E-state index contributed by atoms with van der Waals surface area (Å²) in [4.78, 5) is 9.22. The molecule has 0 amide bonds. The zero-order chi connectivity index (χ0) is 18.9. The first-order valence-electron chi connectivity index (χ1n) is 8.61. The van der Waals surface area contributed by atoms with Crippen LogP contribution in [0.15, 0.2) is 53.9 Å². The summed E-state index contributed by atoms with van der Waals surface area (Å²) in [5, 5.41) is 6.94. The van der Waals surface area contributed by atoms with Gasteiger partial charge in [0.25, 0.3) is 0 Å². The largest absolute Gasteiger partial charge is 0.284 e. The topological polar surface area (TPSA) is 91.8 Å². The molecule has 1 unspecified atom stereocenters. The second kappa shape index (κ2) is 7.38. The van der Waals surface area contributed by atoms with Gasteiger partial charge in [0.15, 0.2) is 0 Å². The van der Waals surface area contributed by atoms with Gasteiger partial charge in [0.1, 0.15) is 4.90 Å². The minimum Gasteiger partial charge on any atom is -0.284 e. The maximum absolute atomic E-state index is 12.8. The van der Waals surface area contributed by atoms with Gasteiger partial charge in [-0.15, -0.1) is 0 Å². The van der Waals surface area contributed by atoms with Crippen molar-refractivity contribution in [3.8, 4) is 11.3 Å². The predicted molar refractivity (Wildman–Crippen MR) is 102 cm³/mol.